The molecular formula is C11H12FeO. The molecule has 0 aliphatic heterocycles. The van der Waals surface area contributed by atoms with E-state index in [2.05, 4.69) is 24.3 Å². The molecule has 1 N–H and O–H groups in total. The van der Waals surface area contributed by atoms with Gasteiger partial charge in [0.15, 0.2) is 0 Å². The standard InChI is InChI=1S/C6H7O.C5H5.Fe/c7-5-6-3-1-2-4-6;1-2-4-5-3-1;/h1,3,7H,2,5H2;1-3H,4H2;. The molecule has 2 aliphatic rings. The number of aliphatic hydroxyl groups excluding tert-OH is 1. The molecule has 2 rings (SSSR count). The quantitative estimate of drug-likeness (QED) is 0.716. The predicted molar refractivity (Wildman–Crippen MR) is 49.7 cm³/mol. The number of allylic oxidation sites excluding steroid dienone is 6. The van der Waals surface area contributed by atoms with Gasteiger partial charge in [0.05, 0.1) is 0 Å². The maximum absolute atomic E-state index is 9.07. The summed E-state index contributed by atoms with van der Waals surface area (Å²) in [5, 5.41) is 9.07. The molecule has 0 amide bonds. The molecule has 2 heteroatoms. The summed E-state index contributed by atoms with van der Waals surface area (Å²) in [4.78, 5) is 0. The monoisotopic (exact) mass is 216 g/mol. The van der Waals surface area contributed by atoms with Crippen LogP contribution in [0.1, 0.15) is 12.8 Å². The van der Waals surface area contributed by atoms with Gasteiger partial charge in [-0.05, 0) is 0 Å². The molecule has 2 aliphatic carbocycles. The van der Waals surface area contributed by atoms with Crippen molar-refractivity contribution in [2.75, 3.05) is 6.61 Å². The Bertz CT molecular complexity index is 321. The zero-order chi connectivity index (χ0) is 9.10. The van der Waals surface area contributed by atoms with E-state index in [-0.39, 0.29) is 6.61 Å². The fourth-order valence-corrected chi connectivity index (χ4v) is 2.84. The van der Waals surface area contributed by atoms with Gasteiger partial charge < -0.3 is 0 Å². The zero-order valence-corrected chi connectivity index (χ0v) is 8.41. The van der Waals surface area contributed by atoms with E-state index in [0.717, 1.165) is 33.4 Å². The second kappa shape index (κ2) is 4.10. The molecule has 0 aromatic rings. The van der Waals surface area contributed by atoms with Gasteiger partial charge in [-0.15, -0.1) is 0 Å². The molecule has 0 heterocycles. The van der Waals surface area contributed by atoms with E-state index in [1.165, 1.54) is 8.94 Å². The van der Waals surface area contributed by atoms with Crippen LogP contribution in [0, 0.1) is 0 Å². The van der Waals surface area contributed by atoms with Gasteiger partial charge >= 0.3 is 84.4 Å². The van der Waals surface area contributed by atoms with Crippen LogP contribution in [0.2, 0.25) is 0 Å². The van der Waals surface area contributed by atoms with Crippen molar-refractivity contribution < 1.29 is 20.1 Å². The van der Waals surface area contributed by atoms with Gasteiger partial charge in [0.2, 0.25) is 0 Å². The van der Waals surface area contributed by atoms with E-state index in [4.69, 9.17) is 5.11 Å². The molecule has 0 radical (unpaired) electrons. The van der Waals surface area contributed by atoms with Crippen molar-refractivity contribution >= 4 is 0 Å². The van der Waals surface area contributed by atoms with Crippen molar-refractivity contribution in [1.29, 1.82) is 0 Å². The number of hydrogen-bond donors (Lipinski definition) is 1. The van der Waals surface area contributed by atoms with Crippen molar-refractivity contribution in [3.8, 4) is 0 Å². The maximum atomic E-state index is 9.07. The average Bonchev–Trinajstić information content (AvgIpc) is 2.76. The third-order valence-corrected chi connectivity index (χ3v) is 3.74. The fraction of sp³-hybridized carbons (Fsp3) is 0.273. The van der Waals surface area contributed by atoms with Crippen molar-refractivity contribution in [3.05, 3.63) is 44.9 Å². The minimum absolute atomic E-state index is 0.187. The Labute approximate surface area is 84.7 Å². The third-order valence-electron chi connectivity index (χ3n) is 2.06. The van der Waals surface area contributed by atoms with E-state index < -0.39 is 0 Å². The topological polar surface area (TPSA) is 20.2 Å². The number of aliphatic hydroxyl groups is 1. The van der Waals surface area contributed by atoms with E-state index in [1.54, 1.807) is 0 Å². The molecule has 1 nitrogen and oxygen atoms in total. The van der Waals surface area contributed by atoms with Crippen molar-refractivity contribution in [2.24, 2.45) is 0 Å². The van der Waals surface area contributed by atoms with Gasteiger partial charge in [0, 0.05) is 0 Å². The molecule has 13 heavy (non-hydrogen) atoms. The third kappa shape index (κ3) is 2.02. The second-order valence-corrected chi connectivity index (χ2v) is 4.65. The van der Waals surface area contributed by atoms with E-state index >= 15 is 0 Å². The van der Waals surface area contributed by atoms with Gasteiger partial charge in [-0.3, -0.25) is 0 Å². The summed E-state index contributed by atoms with van der Waals surface area (Å²) in [5.41, 5.74) is 1.12. The molecule has 0 spiro atoms. The van der Waals surface area contributed by atoms with Crippen LogP contribution < -0.4 is 0 Å². The van der Waals surface area contributed by atoms with Gasteiger partial charge in [0.1, 0.15) is 0 Å². The Hall–Kier alpha value is -0.561. The van der Waals surface area contributed by atoms with Gasteiger partial charge in [-0.2, -0.15) is 0 Å². The summed E-state index contributed by atoms with van der Waals surface area (Å²) < 4.78 is 2.85. The Morgan fingerprint density at radius 3 is 2.92 bits per heavy atom. The van der Waals surface area contributed by atoms with Gasteiger partial charge in [-0.25, -0.2) is 0 Å². The normalized spacial score (nSPS) is 20.5. The minimum atomic E-state index is 0.187. The van der Waals surface area contributed by atoms with Crippen LogP contribution in [0.15, 0.2) is 44.9 Å². The molecule has 0 unspecified atom stereocenters. The number of rotatable bonds is 3. The molecular weight excluding hydrogens is 204 g/mol. The molecule has 70 valence electrons. The summed E-state index contributed by atoms with van der Waals surface area (Å²) in [5.74, 6) is 0. The Morgan fingerprint density at radius 2 is 2.23 bits per heavy atom. The molecule has 0 saturated heterocycles. The van der Waals surface area contributed by atoms with E-state index in [0.29, 0.717) is 0 Å². The predicted octanol–water partition coefficient (Wildman–Crippen LogP) is 2.12. The Balaban J connectivity index is 2.02. The molecule has 0 saturated carbocycles. The molecule has 0 atom stereocenters. The van der Waals surface area contributed by atoms with Crippen molar-refractivity contribution in [3.63, 3.8) is 0 Å². The summed E-state index contributed by atoms with van der Waals surface area (Å²) in [7, 11) is 0. The van der Waals surface area contributed by atoms with Crippen molar-refractivity contribution in [1.82, 2.24) is 0 Å². The molecule has 0 aromatic carbocycles. The van der Waals surface area contributed by atoms with Crippen molar-refractivity contribution in [2.45, 2.75) is 12.8 Å². The average molecular weight is 216 g/mol. The van der Waals surface area contributed by atoms with Crippen LogP contribution in [-0.4, -0.2) is 11.7 Å². The van der Waals surface area contributed by atoms with Crippen LogP contribution in [0.3, 0.4) is 0 Å². The van der Waals surface area contributed by atoms with Gasteiger partial charge in [0.25, 0.3) is 0 Å². The van der Waals surface area contributed by atoms with E-state index in [9.17, 15) is 0 Å². The van der Waals surface area contributed by atoms with Crippen LogP contribution in [-0.2, 0) is 15.0 Å². The van der Waals surface area contributed by atoms with Gasteiger partial charge in [-0.1, -0.05) is 0 Å². The Kier molecular flexibility index (Phi) is 2.84. The number of hydrogen-bond acceptors (Lipinski definition) is 1. The van der Waals surface area contributed by atoms with Crippen LogP contribution in [0.4, 0.5) is 0 Å². The summed E-state index contributed by atoms with van der Waals surface area (Å²) in [6, 6.07) is 0. The van der Waals surface area contributed by atoms with Crippen LogP contribution >= 0.6 is 0 Å². The van der Waals surface area contributed by atoms with Crippen LogP contribution in [0.5, 0.6) is 0 Å². The van der Waals surface area contributed by atoms with E-state index in [1.807, 2.05) is 6.08 Å². The first-order chi connectivity index (χ1) is 6.40. The first-order valence-corrected chi connectivity index (χ1v) is 5.48. The summed E-state index contributed by atoms with van der Waals surface area (Å²) in [6.07, 6.45) is 12.7. The summed E-state index contributed by atoms with van der Waals surface area (Å²) >= 11 is 1.04. The fourth-order valence-electron chi connectivity index (χ4n) is 1.37. The van der Waals surface area contributed by atoms with Crippen LogP contribution in [0.25, 0.3) is 0 Å². The zero-order valence-electron chi connectivity index (χ0n) is 7.31. The SMILES string of the molecule is OCC1=[C]([Fe][C]2=CC=CC2)CC=C1. The molecule has 0 fully saturated rings. The Morgan fingerprint density at radius 1 is 1.31 bits per heavy atom. The second-order valence-electron chi connectivity index (χ2n) is 3.00. The molecule has 0 aromatic heterocycles. The first-order valence-electron chi connectivity index (χ1n) is 4.37. The summed E-state index contributed by atoms with van der Waals surface area (Å²) in [6.45, 7) is 0.187. The molecule has 0 bridgehead atoms. The first kappa shape index (κ1) is 9.01.